The Morgan fingerprint density at radius 3 is 3.00 bits per heavy atom. The summed E-state index contributed by atoms with van der Waals surface area (Å²) in [5.74, 6) is 2.09. The Balaban J connectivity index is 1.88. The van der Waals surface area contributed by atoms with Crippen molar-refractivity contribution in [2.45, 2.75) is 50.5 Å². The maximum Gasteiger partial charge on any atom is 0.109 e. The fraction of sp³-hybridized carbons (Fsp3) is 0.750. The van der Waals surface area contributed by atoms with Crippen molar-refractivity contribution in [2.24, 2.45) is 5.73 Å². The number of nitrogens with two attached hydrogens (primary N) is 1. The maximum atomic E-state index is 5.66. The number of imidazole rings is 1. The zero-order valence-corrected chi connectivity index (χ0v) is 9.15. The highest BCUT2D eigenvalue weighted by Gasteiger charge is 2.29. The van der Waals surface area contributed by atoms with Gasteiger partial charge in [0.2, 0.25) is 0 Å². The summed E-state index contributed by atoms with van der Waals surface area (Å²) in [4.78, 5) is 4.77. The molecule has 0 saturated heterocycles. The summed E-state index contributed by atoms with van der Waals surface area (Å²) in [5.41, 5.74) is 7.00. The molecule has 1 aliphatic heterocycles. The first-order chi connectivity index (χ1) is 7.38. The number of nitrogens with zero attached hydrogens (tertiary/aromatic N) is 2. The lowest BCUT2D eigenvalue weighted by Crippen LogP contribution is -2.20. The van der Waals surface area contributed by atoms with Crippen LogP contribution in [0.1, 0.15) is 55.6 Å². The van der Waals surface area contributed by atoms with Crippen molar-refractivity contribution in [3.63, 3.8) is 0 Å². The number of fused-ring (bicyclic) bond motifs is 1. The SMILES string of the molecule is NCCC1CCCc2nc(C3CC3)cn21. The van der Waals surface area contributed by atoms with Gasteiger partial charge in [-0.25, -0.2) is 4.98 Å². The van der Waals surface area contributed by atoms with E-state index in [0.717, 1.165) is 25.3 Å². The second-order valence-electron chi connectivity index (χ2n) is 4.89. The number of hydrogen-bond acceptors (Lipinski definition) is 2. The molecule has 2 aliphatic rings. The fourth-order valence-corrected chi connectivity index (χ4v) is 2.64. The van der Waals surface area contributed by atoms with Crippen LogP contribution in [0.2, 0.25) is 0 Å². The predicted octanol–water partition coefficient (Wildman–Crippen LogP) is 1.99. The van der Waals surface area contributed by atoms with Crippen LogP contribution in [-0.2, 0) is 6.42 Å². The van der Waals surface area contributed by atoms with Crippen LogP contribution in [0.5, 0.6) is 0 Å². The van der Waals surface area contributed by atoms with Gasteiger partial charge in [0.15, 0.2) is 0 Å². The minimum Gasteiger partial charge on any atom is -0.332 e. The molecule has 3 rings (SSSR count). The molecule has 1 aromatic rings. The topological polar surface area (TPSA) is 43.8 Å². The highest BCUT2D eigenvalue weighted by molar-refractivity contribution is 5.16. The molecule has 0 amide bonds. The molecular formula is C12H19N3. The Labute approximate surface area is 90.7 Å². The normalized spacial score (nSPS) is 25.3. The Bertz CT molecular complexity index is 352. The zero-order chi connectivity index (χ0) is 10.3. The van der Waals surface area contributed by atoms with Crippen LogP contribution < -0.4 is 5.73 Å². The molecule has 3 nitrogen and oxygen atoms in total. The lowest BCUT2D eigenvalue weighted by molar-refractivity contribution is 0.379. The molecule has 0 radical (unpaired) electrons. The van der Waals surface area contributed by atoms with Gasteiger partial charge in [0.25, 0.3) is 0 Å². The average Bonchev–Trinajstić information content (AvgIpc) is 2.99. The van der Waals surface area contributed by atoms with Crippen molar-refractivity contribution >= 4 is 0 Å². The summed E-state index contributed by atoms with van der Waals surface area (Å²) < 4.78 is 2.41. The van der Waals surface area contributed by atoms with Gasteiger partial charge in [-0.1, -0.05) is 0 Å². The van der Waals surface area contributed by atoms with Gasteiger partial charge in [0.1, 0.15) is 5.82 Å². The third-order valence-electron chi connectivity index (χ3n) is 3.65. The Morgan fingerprint density at radius 1 is 1.40 bits per heavy atom. The second-order valence-corrected chi connectivity index (χ2v) is 4.89. The van der Waals surface area contributed by atoms with Crippen LogP contribution in [0.3, 0.4) is 0 Å². The number of aromatic nitrogens is 2. The monoisotopic (exact) mass is 205 g/mol. The molecule has 1 aromatic heterocycles. The molecule has 82 valence electrons. The summed E-state index contributed by atoms with van der Waals surface area (Å²) in [5, 5.41) is 0. The minimum absolute atomic E-state index is 0.624. The second kappa shape index (κ2) is 3.63. The molecule has 1 atom stereocenters. The average molecular weight is 205 g/mol. The number of hydrogen-bond donors (Lipinski definition) is 1. The molecule has 15 heavy (non-hydrogen) atoms. The van der Waals surface area contributed by atoms with Crippen LogP contribution in [0.15, 0.2) is 6.20 Å². The Morgan fingerprint density at radius 2 is 2.27 bits per heavy atom. The standard InChI is InChI=1S/C12H19N3/c13-7-6-10-2-1-3-12-14-11(8-15(10)12)9-4-5-9/h8-10H,1-7,13H2. The molecule has 0 aromatic carbocycles. The smallest absolute Gasteiger partial charge is 0.109 e. The van der Waals surface area contributed by atoms with Gasteiger partial charge >= 0.3 is 0 Å². The van der Waals surface area contributed by atoms with Crippen LogP contribution in [0.25, 0.3) is 0 Å². The number of rotatable bonds is 3. The lowest BCUT2D eigenvalue weighted by Gasteiger charge is -2.24. The quantitative estimate of drug-likeness (QED) is 0.820. The van der Waals surface area contributed by atoms with E-state index in [-0.39, 0.29) is 0 Å². The first-order valence-corrected chi connectivity index (χ1v) is 6.16. The summed E-state index contributed by atoms with van der Waals surface area (Å²) in [6.07, 6.45) is 9.82. The summed E-state index contributed by atoms with van der Waals surface area (Å²) in [6.45, 7) is 0.793. The van der Waals surface area contributed by atoms with E-state index in [2.05, 4.69) is 10.8 Å². The summed E-state index contributed by atoms with van der Waals surface area (Å²) in [6, 6.07) is 0.624. The van der Waals surface area contributed by atoms with Gasteiger partial charge in [-0.15, -0.1) is 0 Å². The van der Waals surface area contributed by atoms with Gasteiger partial charge in [0.05, 0.1) is 5.69 Å². The van der Waals surface area contributed by atoms with E-state index in [4.69, 9.17) is 10.7 Å². The minimum atomic E-state index is 0.624. The third-order valence-corrected chi connectivity index (χ3v) is 3.65. The molecular weight excluding hydrogens is 186 g/mol. The third kappa shape index (κ3) is 1.69. The van der Waals surface area contributed by atoms with Gasteiger partial charge in [-0.3, -0.25) is 0 Å². The molecule has 1 fully saturated rings. The molecule has 1 saturated carbocycles. The Hall–Kier alpha value is -0.830. The van der Waals surface area contributed by atoms with Gasteiger partial charge < -0.3 is 10.3 Å². The fourth-order valence-electron chi connectivity index (χ4n) is 2.64. The zero-order valence-electron chi connectivity index (χ0n) is 9.15. The molecule has 3 heteroatoms. The van der Waals surface area contributed by atoms with E-state index in [1.54, 1.807) is 0 Å². The van der Waals surface area contributed by atoms with Crippen molar-refractivity contribution in [1.82, 2.24) is 9.55 Å². The maximum absolute atomic E-state index is 5.66. The van der Waals surface area contributed by atoms with E-state index >= 15 is 0 Å². The van der Waals surface area contributed by atoms with E-state index in [9.17, 15) is 0 Å². The van der Waals surface area contributed by atoms with E-state index in [1.807, 2.05) is 0 Å². The van der Waals surface area contributed by atoms with Crippen LogP contribution in [0, 0.1) is 0 Å². The van der Waals surface area contributed by atoms with Crippen molar-refractivity contribution in [2.75, 3.05) is 6.54 Å². The molecule has 0 bridgehead atoms. The van der Waals surface area contributed by atoms with Crippen molar-refractivity contribution in [1.29, 1.82) is 0 Å². The van der Waals surface area contributed by atoms with E-state index < -0.39 is 0 Å². The highest BCUT2D eigenvalue weighted by atomic mass is 15.1. The van der Waals surface area contributed by atoms with Crippen molar-refractivity contribution < 1.29 is 0 Å². The first kappa shape index (κ1) is 9.40. The Kier molecular flexibility index (Phi) is 2.28. The molecule has 2 heterocycles. The molecule has 0 spiro atoms. The largest absolute Gasteiger partial charge is 0.332 e. The van der Waals surface area contributed by atoms with Crippen LogP contribution >= 0.6 is 0 Å². The van der Waals surface area contributed by atoms with Crippen LogP contribution in [-0.4, -0.2) is 16.1 Å². The highest BCUT2D eigenvalue weighted by Crippen LogP contribution is 2.40. The molecule has 1 aliphatic carbocycles. The van der Waals surface area contributed by atoms with Gasteiger partial charge in [-0.2, -0.15) is 0 Å². The van der Waals surface area contributed by atoms with Crippen LogP contribution in [0.4, 0.5) is 0 Å². The molecule has 1 unspecified atom stereocenters. The predicted molar refractivity (Wildman–Crippen MR) is 59.8 cm³/mol. The van der Waals surface area contributed by atoms with E-state index in [0.29, 0.717) is 6.04 Å². The first-order valence-electron chi connectivity index (χ1n) is 6.16. The summed E-state index contributed by atoms with van der Waals surface area (Å²) >= 11 is 0. The van der Waals surface area contributed by atoms with Crippen molar-refractivity contribution in [3.05, 3.63) is 17.7 Å². The summed E-state index contributed by atoms with van der Waals surface area (Å²) in [7, 11) is 0. The van der Waals surface area contributed by atoms with E-state index in [1.165, 1.54) is 37.2 Å². The lowest BCUT2D eigenvalue weighted by atomic mass is 10.0. The van der Waals surface area contributed by atoms with Gasteiger partial charge in [-0.05, 0) is 38.6 Å². The molecule has 2 N–H and O–H groups in total. The van der Waals surface area contributed by atoms with Crippen molar-refractivity contribution in [3.8, 4) is 0 Å². The van der Waals surface area contributed by atoms with Gasteiger partial charge in [0, 0.05) is 24.6 Å². The number of aryl methyl sites for hydroxylation is 1.